The monoisotopic (exact) mass is 348 g/mol. The number of anilines is 1. The number of imidazole rings is 1. The molecule has 26 heavy (non-hydrogen) atoms. The van der Waals surface area contributed by atoms with Crippen LogP contribution in [0, 0.1) is 5.82 Å². The molecule has 0 bridgehead atoms. The first-order valence-electron chi connectivity index (χ1n) is 8.20. The average molecular weight is 348 g/mol. The first-order chi connectivity index (χ1) is 12.7. The summed E-state index contributed by atoms with van der Waals surface area (Å²) in [5.74, 6) is 1.25. The lowest BCUT2D eigenvalue weighted by Gasteiger charge is -2.08. The molecular formula is C20H17FN4O. The van der Waals surface area contributed by atoms with Crippen molar-refractivity contribution in [3.05, 3.63) is 78.2 Å². The van der Waals surface area contributed by atoms with Crippen molar-refractivity contribution in [2.45, 2.75) is 6.54 Å². The maximum absolute atomic E-state index is 13.0. The summed E-state index contributed by atoms with van der Waals surface area (Å²) in [6.07, 6.45) is 1.79. The Balaban J connectivity index is 1.62. The summed E-state index contributed by atoms with van der Waals surface area (Å²) in [4.78, 5) is 4.41. The van der Waals surface area contributed by atoms with Crippen LogP contribution in [0.2, 0.25) is 0 Å². The van der Waals surface area contributed by atoms with Crippen LogP contribution in [0.25, 0.3) is 16.9 Å². The standard InChI is InChI=1S/C20H17FN4O/c1-26-17-4-2-3-15(11-17)18-13-23-20-10-9-19(24-25(18)20)22-12-14-5-7-16(21)8-6-14/h2-11,13H,12H2,1H3,(H,22,24). The maximum atomic E-state index is 13.0. The minimum atomic E-state index is -0.241. The fraction of sp³-hybridized carbons (Fsp3) is 0.100. The third-order valence-electron chi connectivity index (χ3n) is 4.11. The summed E-state index contributed by atoms with van der Waals surface area (Å²) in [7, 11) is 1.64. The largest absolute Gasteiger partial charge is 0.497 e. The third-order valence-corrected chi connectivity index (χ3v) is 4.11. The molecule has 0 unspecified atom stereocenters. The van der Waals surface area contributed by atoms with Gasteiger partial charge in [-0.15, -0.1) is 5.10 Å². The van der Waals surface area contributed by atoms with Crippen molar-refractivity contribution < 1.29 is 9.13 Å². The first-order valence-corrected chi connectivity index (χ1v) is 8.20. The molecule has 0 saturated heterocycles. The number of rotatable bonds is 5. The molecule has 6 heteroatoms. The lowest BCUT2D eigenvalue weighted by Crippen LogP contribution is -2.04. The van der Waals surface area contributed by atoms with Crippen LogP contribution in [-0.4, -0.2) is 21.7 Å². The van der Waals surface area contributed by atoms with Crippen molar-refractivity contribution in [1.82, 2.24) is 14.6 Å². The Morgan fingerprint density at radius 1 is 1.08 bits per heavy atom. The van der Waals surface area contributed by atoms with Crippen molar-refractivity contribution in [3.63, 3.8) is 0 Å². The molecule has 4 aromatic rings. The molecule has 0 saturated carbocycles. The molecular weight excluding hydrogens is 331 g/mol. The van der Waals surface area contributed by atoms with Crippen LogP contribution in [0.5, 0.6) is 5.75 Å². The Bertz CT molecular complexity index is 1040. The molecule has 5 nitrogen and oxygen atoms in total. The highest BCUT2D eigenvalue weighted by molar-refractivity contribution is 5.65. The summed E-state index contributed by atoms with van der Waals surface area (Å²) in [6.45, 7) is 0.558. The van der Waals surface area contributed by atoms with E-state index in [9.17, 15) is 4.39 Å². The smallest absolute Gasteiger partial charge is 0.154 e. The van der Waals surface area contributed by atoms with E-state index < -0.39 is 0 Å². The number of nitrogens with one attached hydrogen (secondary N) is 1. The van der Waals surface area contributed by atoms with Crippen molar-refractivity contribution in [3.8, 4) is 17.0 Å². The lowest BCUT2D eigenvalue weighted by molar-refractivity contribution is 0.415. The van der Waals surface area contributed by atoms with Crippen LogP contribution in [0.4, 0.5) is 10.2 Å². The van der Waals surface area contributed by atoms with Crippen LogP contribution < -0.4 is 10.1 Å². The van der Waals surface area contributed by atoms with E-state index in [1.165, 1.54) is 12.1 Å². The van der Waals surface area contributed by atoms with Gasteiger partial charge in [0.2, 0.25) is 0 Å². The van der Waals surface area contributed by atoms with Gasteiger partial charge in [0.15, 0.2) is 5.65 Å². The topological polar surface area (TPSA) is 51.5 Å². The van der Waals surface area contributed by atoms with E-state index in [1.54, 1.807) is 30.0 Å². The van der Waals surface area contributed by atoms with Gasteiger partial charge in [-0.05, 0) is 42.0 Å². The molecule has 0 aliphatic heterocycles. The number of nitrogens with zero attached hydrogens (tertiary/aromatic N) is 3. The van der Waals surface area contributed by atoms with Crippen molar-refractivity contribution >= 4 is 11.5 Å². The molecule has 0 atom stereocenters. The molecule has 0 spiro atoms. The Kier molecular flexibility index (Phi) is 4.23. The van der Waals surface area contributed by atoms with Gasteiger partial charge in [0.25, 0.3) is 0 Å². The van der Waals surface area contributed by atoms with Crippen molar-refractivity contribution in [2.75, 3.05) is 12.4 Å². The SMILES string of the molecule is COc1cccc(-c2cnc3ccc(NCc4ccc(F)cc4)nn23)c1. The third kappa shape index (κ3) is 3.21. The van der Waals surface area contributed by atoms with Gasteiger partial charge in [0.05, 0.1) is 19.0 Å². The minimum Gasteiger partial charge on any atom is -0.497 e. The number of hydrogen-bond donors (Lipinski definition) is 1. The Morgan fingerprint density at radius 2 is 1.92 bits per heavy atom. The number of halogens is 1. The Morgan fingerprint density at radius 3 is 2.73 bits per heavy atom. The number of aromatic nitrogens is 3. The highest BCUT2D eigenvalue weighted by Crippen LogP contribution is 2.24. The number of hydrogen-bond acceptors (Lipinski definition) is 4. The van der Waals surface area contributed by atoms with Gasteiger partial charge in [-0.2, -0.15) is 0 Å². The first kappa shape index (κ1) is 16.1. The molecule has 0 amide bonds. The molecule has 0 aliphatic rings. The Hall–Kier alpha value is -3.41. The van der Waals surface area contributed by atoms with Gasteiger partial charge in [0, 0.05) is 12.1 Å². The Labute approximate surface area is 150 Å². The molecule has 1 N–H and O–H groups in total. The molecule has 0 radical (unpaired) electrons. The van der Waals surface area contributed by atoms with Gasteiger partial charge in [-0.3, -0.25) is 0 Å². The molecule has 0 fully saturated rings. The second kappa shape index (κ2) is 6.84. The molecule has 0 aliphatic carbocycles. The van der Waals surface area contributed by atoms with E-state index in [0.717, 1.165) is 28.2 Å². The van der Waals surface area contributed by atoms with Crippen LogP contribution in [-0.2, 0) is 6.54 Å². The summed E-state index contributed by atoms with van der Waals surface area (Å²) in [6, 6.07) is 18.0. The summed E-state index contributed by atoms with van der Waals surface area (Å²) < 4.78 is 20.1. The number of ether oxygens (including phenoxy) is 1. The van der Waals surface area contributed by atoms with E-state index in [-0.39, 0.29) is 5.82 Å². The molecule has 130 valence electrons. The zero-order chi connectivity index (χ0) is 17.9. The molecule has 2 aromatic heterocycles. The van der Waals surface area contributed by atoms with Crippen LogP contribution in [0.3, 0.4) is 0 Å². The summed E-state index contributed by atoms with van der Waals surface area (Å²) in [5.41, 5.74) is 3.59. The van der Waals surface area contributed by atoms with Crippen LogP contribution in [0.1, 0.15) is 5.56 Å². The van der Waals surface area contributed by atoms with Gasteiger partial charge in [0.1, 0.15) is 17.4 Å². The molecule has 2 aromatic carbocycles. The second-order valence-corrected chi connectivity index (χ2v) is 5.84. The highest BCUT2D eigenvalue weighted by atomic mass is 19.1. The van der Waals surface area contributed by atoms with Crippen LogP contribution >= 0.6 is 0 Å². The zero-order valence-corrected chi connectivity index (χ0v) is 14.2. The van der Waals surface area contributed by atoms with Crippen molar-refractivity contribution in [2.24, 2.45) is 0 Å². The normalized spacial score (nSPS) is 10.8. The van der Waals surface area contributed by atoms with Gasteiger partial charge < -0.3 is 10.1 Å². The summed E-state index contributed by atoms with van der Waals surface area (Å²) >= 11 is 0. The second-order valence-electron chi connectivity index (χ2n) is 5.84. The number of methoxy groups -OCH3 is 1. The number of fused-ring (bicyclic) bond motifs is 1. The fourth-order valence-electron chi connectivity index (χ4n) is 2.74. The van der Waals surface area contributed by atoms with E-state index in [1.807, 2.05) is 36.4 Å². The van der Waals surface area contributed by atoms with Gasteiger partial charge >= 0.3 is 0 Å². The fourth-order valence-corrected chi connectivity index (χ4v) is 2.74. The number of benzene rings is 2. The predicted octanol–water partition coefficient (Wildman–Crippen LogP) is 4.16. The summed E-state index contributed by atoms with van der Waals surface area (Å²) in [5, 5.41) is 7.88. The lowest BCUT2D eigenvalue weighted by atomic mass is 10.1. The van der Waals surface area contributed by atoms with E-state index in [2.05, 4.69) is 15.4 Å². The molecule has 2 heterocycles. The quantitative estimate of drug-likeness (QED) is 0.588. The van der Waals surface area contributed by atoms with Crippen LogP contribution in [0.15, 0.2) is 66.9 Å². The minimum absolute atomic E-state index is 0.241. The maximum Gasteiger partial charge on any atom is 0.154 e. The zero-order valence-electron chi connectivity index (χ0n) is 14.2. The van der Waals surface area contributed by atoms with Gasteiger partial charge in [-0.1, -0.05) is 24.3 Å². The highest BCUT2D eigenvalue weighted by Gasteiger charge is 2.09. The van der Waals surface area contributed by atoms with Crippen molar-refractivity contribution in [1.29, 1.82) is 0 Å². The van der Waals surface area contributed by atoms with Gasteiger partial charge in [-0.25, -0.2) is 13.9 Å². The average Bonchev–Trinajstić information content (AvgIpc) is 3.11. The van der Waals surface area contributed by atoms with E-state index >= 15 is 0 Å². The molecule has 4 rings (SSSR count). The van der Waals surface area contributed by atoms with E-state index in [0.29, 0.717) is 12.4 Å². The van der Waals surface area contributed by atoms with E-state index in [4.69, 9.17) is 4.74 Å². The predicted molar refractivity (Wildman–Crippen MR) is 98.7 cm³/mol.